The fraction of sp³-hybridized carbons (Fsp3) is 0.333. The predicted octanol–water partition coefficient (Wildman–Crippen LogP) is 4.88. The van der Waals surface area contributed by atoms with Gasteiger partial charge in [-0.1, -0.05) is 11.6 Å². The van der Waals surface area contributed by atoms with Gasteiger partial charge in [-0.2, -0.15) is 40.2 Å². The third-order valence-electron chi connectivity index (χ3n) is 3.72. The van der Waals surface area contributed by atoms with Gasteiger partial charge in [-0.05, 0) is 23.8 Å². The lowest BCUT2D eigenvalue weighted by atomic mass is 10.1. The van der Waals surface area contributed by atoms with E-state index in [1.807, 2.05) is 5.32 Å². The summed E-state index contributed by atoms with van der Waals surface area (Å²) in [6, 6.07) is 3.64. The molecule has 0 aliphatic heterocycles. The van der Waals surface area contributed by atoms with Gasteiger partial charge in [0.1, 0.15) is 11.3 Å². The average molecular weight is 487 g/mol. The molecule has 0 aliphatic carbocycles. The molecule has 15 heteroatoms. The van der Waals surface area contributed by atoms with Crippen LogP contribution < -0.4 is 11.1 Å². The monoisotopic (exact) mass is 486 g/mol. The first-order chi connectivity index (χ1) is 13.1. The molecule has 0 fully saturated rings. The largest absolute Gasteiger partial charge is 0.459 e. The number of alkyl halides is 8. The Bertz CT molecular complexity index is 940. The van der Waals surface area contributed by atoms with Crippen LogP contribution in [-0.2, 0) is 25.7 Å². The number of carbonyl (C=O) groups excluding carboxylic acids is 1. The van der Waals surface area contributed by atoms with Crippen LogP contribution in [0.15, 0.2) is 18.2 Å². The quantitative estimate of drug-likeness (QED) is 0.605. The molecule has 3 N–H and O–H groups in total. The second kappa shape index (κ2) is 8.55. The van der Waals surface area contributed by atoms with E-state index in [1.165, 1.54) is 18.2 Å². The van der Waals surface area contributed by atoms with Gasteiger partial charge in [0.25, 0.3) is 5.91 Å². The van der Waals surface area contributed by atoms with Crippen molar-refractivity contribution >= 4 is 35.6 Å². The molecule has 0 unspecified atom stereocenters. The summed E-state index contributed by atoms with van der Waals surface area (Å²) in [4.78, 5) is 12.3. The van der Waals surface area contributed by atoms with Crippen LogP contribution in [0, 0.1) is 0 Å². The van der Waals surface area contributed by atoms with Crippen LogP contribution in [0.1, 0.15) is 27.3 Å². The highest BCUT2D eigenvalue weighted by Gasteiger charge is 2.64. The van der Waals surface area contributed by atoms with Crippen LogP contribution in [0.25, 0.3) is 0 Å². The molecule has 0 aliphatic rings. The zero-order valence-electron chi connectivity index (χ0n) is 14.6. The van der Waals surface area contributed by atoms with Crippen molar-refractivity contribution in [3.63, 3.8) is 0 Å². The molecule has 1 aromatic heterocycles. The molecule has 30 heavy (non-hydrogen) atoms. The maximum atomic E-state index is 13.6. The Morgan fingerprint density at radius 2 is 1.73 bits per heavy atom. The fourth-order valence-corrected chi connectivity index (χ4v) is 2.60. The van der Waals surface area contributed by atoms with Crippen LogP contribution in [0.3, 0.4) is 0 Å². The first-order valence-electron chi connectivity index (χ1n) is 7.50. The van der Waals surface area contributed by atoms with E-state index in [2.05, 4.69) is 5.10 Å². The number of nitrogens with two attached hydrogens (primary N) is 1. The molecule has 2 rings (SSSR count). The average Bonchev–Trinajstić information content (AvgIpc) is 2.94. The number of rotatable bonds is 4. The first-order valence-corrected chi connectivity index (χ1v) is 7.88. The smallest absolute Gasteiger partial charge is 0.326 e. The Balaban J connectivity index is 0.00000450. The van der Waals surface area contributed by atoms with E-state index in [0.29, 0.717) is 12.6 Å². The molecule has 0 bridgehead atoms. The highest BCUT2D eigenvalue weighted by molar-refractivity contribution is 6.31. The van der Waals surface area contributed by atoms with Gasteiger partial charge in [0, 0.05) is 24.3 Å². The summed E-state index contributed by atoms with van der Waals surface area (Å²) in [5, 5.41) is 4.82. The van der Waals surface area contributed by atoms with Gasteiger partial charge in [0.05, 0.1) is 0 Å². The number of nitrogens with zero attached hydrogens (tertiary/aromatic N) is 2. The number of carbonyl (C=O) groups is 1. The third kappa shape index (κ3) is 4.78. The minimum atomic E-state index is -6.36. The van der Waals surface area contributed by atoms with Crippen molar-refractivity contribution in [2.24, 2.45) is 12.8 Å². The molecule has 0 spiro atoms. The fourth-order valence-electron chi connectivity index (χ4n) is 2.41. The van der Waals surface area contributed by atoms with Crippen LogP contribution >= 0.6 is 24.0 Å². The second-order valence-electron chi connectivity index (χ2n) is 5.73. The Labute approximate surface area is 174 Å². The first kappa shape index (κ1) is 25.9. The van der Waals surface area contributed by atoms with Gasteiger partial charge < -0.3 is 11.1 Å². The van der Waals surface area contributed by atoms with Crippen molar-refractivity contribution in [1.82, 2.24) is 9.78 Å². The molecule has 0 saturated heterocycles. The van der Waals surface area contributed by atoms with E-state index in [4.69, 9.17) is 17.3 Å². The molecule has 5 nitrogen and oxygen atoms in total. The molecule has 168 valence electrons. The summed E-state index contributed by atoms with van der Waals surface area (Å²) in [7, 11) is 0.632. The molecular weight excluding hydrogens is 475 g/mol. The van der Waals surface area contributed by atoms with Crippen molar-refractivity contribution in [2.45, 2.75) is 24.8 Å². The summed E-state index contributed by atoms with van der Waals surface area (Å²) in [5.74, 6) is -7.55. The minimum absolute atomic E-state index is 0. The summed E-state index contributed by atoms with van der Waals surface area (Å²) in [5.41, 5.74) is -1.04. The zero-order valence-corrected chi connectivity index (χ0v) is 16.2. The highest BCUT2D eigenvalue weighted by atomic mass is 35.5. The van der Waals surface area contributed by atoms with E-state index < -0.39 is 41.1 Å². The number of aryl methyl sites for hydroxylation is 1. The van der Waals surface area contributed by atoms with Crippen molar-refractivity contribution < 1.29 is 39.9 Å². The number of benzene rings is 1. The second-order valence-corrected chi connectivity index (χ2v) is 6.14. The topological polar surface area (TPSA) is 72.9 Å². The number of hydrogen-bond donors (Lipinski definition) is 2. The van der Waals surface area contributed by atoms with Gasteiger partial charge in [0.15, 0.2) is 5.69 Å². The van der Waals surface area contributed by atoms with Crippen molar-refractivity contribution in [3.05, 3.63) is 45.7 Å². The van der Waals surface area contributed by atoms with Gasteiger partial charge in [0.2, 0.25) is 0 Å². The molecule has 1 amide bonds. The van der Waals surface area contributed by atoms with Crippen molar-refractivity contribution in [1.29, 1.82) is 0 Å². The molecule has 1 heterocycles. The van der Waals surface area contributed by atoms with E-state index in [0.717, 1.165) is 0 Å². The maximum Gasteiger partial charge on any atom is 0.459 e. The Morgan fingerprint density at radius 3 is 2.20 bits per heavy atom. The number of hydrogen-bond acceptors (Lipinski definition) is 3. The standard InChI is InChI=1S/C15H11ClF8N4O.ClH/c1-28-10(12(29)26-7-2-3-8(16)6(4-7)5-25)9(14(19,20)21)11(27-28)13(17,18)15(22,23)24;/h2-4H,5,25H2,1H3,(H,26,29);1H. The van der Waals surface area contributed by atoms with Gasteiger partial charge in [-0.25, -0.2) is 0 Å². The third-order valence-corrected chi connectivity index (χ3v) is 4.09. The van der Waals surface area contributed by atoms with E-state index in [-0.39, 0.29) is 34.3 Å². The summed E-state index contributed by atoms with van der Waals surface area (Å²) >= 11 is 5.81. The number of nitrogens with one attached hydrogen (secondary N) is 1. The molecule has 0 saturated carbocycles. The maximum absolute atomic E-state index is 13.6. The number of amides is 1. The molecule has 0 atom stereocenters. The number of aromatic nitrogens is 2. The summed E-state index contributed by atoms with van der Waals surface area (Å²) < 4.78 is 105. The Morgan fingerprint density at radius 1 is 1.17 bits per heavy atom. The molecule has 0 radical (unpaired) electrons. The SMILES string of the molecule is Cl.Cn1nc(C(F)(F)C(F)(F)F)c(C(F)(F)F)c1C(=O)Nc1ccc(Cl)c(CN)c1. The van der Waals surface area contributed by atoms with Gasteiger partial charge in [-0.15, -0.1) is 12.4 Å². The summed E-state index contributed by atoms with van der Waals surface area (Å²) in [6.45, 7) is -0.0932. The summed E-state index contributed by atoms with van der Waals surface area (Å²) in [6.07, 6.45) is -12.1. The van der Waals surface area contributed by atoms with E-state index in [9.17, 15) is 39.9 Å². The Kier molecular flexibility index (Phi) is 7.39. The highest BCUT2D eigenvalue weighted by Crippen LogP contribution is 2.48. The predicted molar refractivity (Wildman–Crippen MR) is 92.7 cm³/mol. The number of halogens is 10. The van der Waals surface area contributed by atoms with Crippen LogP contribution in [0.5, 0.6) is 0 Å². The molecular formula is C15H12Cl2F8N4O. The van der Waals surface area contributed by atoms with Crippen LogP contribution in [-0.4, -0.2) is 21.9 Å². The zero-order chi connectivity index (χ0) is 22.4. The van der Waals surface area contributed by atoms with Crippen molar-refractivity contribution in [3.8, 4) is 0 Å². The van der Waals surface area contributed by atoms with Gasteiger partial charge in [-0.3, -0.25) is 9.48 Å². The lowest BCUT2D eigenvalue weighted by Crippen LogP contribution is -2.36. The van der Waals surface area contributed by atoms with E-state index >= 15 is 0 Å². The van der Waals surface area contributed by atoms with Gasteiger partial charge >= 0.3 is 18.3 Å². The number of anilines is 1. The van der Waals surface area contributed by atoms with Crippen LogP contribution in [0.4, 0.5) is 40.8 Å². The minimum Gasteiger partial charge on any atom is -0.326 e. The normalized spacial score (nSPS) is 12.5. The van der Waals surface area contributed by atoms with E-state index in [1.54, 1.807) is 0 Å². The Hall–Kier alpha value is -2.12. The molecule has 2 aromatic rings. The lowest BCUT2D eigenvalue weighted by Gasteiger charge is -2.19. The van der Waals surface area contributed by atoms with Crippen molar-refractivity contribution in [2.75, 3.05) is 5.32 Å². The molecule has 1 aromatic carbocycles. The van der Waals surface area contributed by atoms with Crippen LogP contribution in [0.2, 0.25) is 5.02 Å². The lowest BCUT2D eigenvalue weighted by molar-refractivity contribution is -0.292.